The Labute approximate surface area is 140 Å². The van der Waals surface area contributed by atoms with Crippen LogP contribution < -0.4 is 0 Å². The van der Waals surface area contributed by atoms with Crippen molar-refractivity contribution in [2.24, 2.45) is 5.92 Å². The SMILES string of the molecule is C=C(CI)OCC1CCN(Cc2ccc(C#N)cc2)CC1. The molecular formula is C17H21IN2O. The van der Waals surface area contributed by atoms with Crippen molar-refractivity contribution in [2.45, 2.75) is 19.4 Å². The third kappa shape index (κ3) is 5.33. The minimum atomic E-state index is 0.655. The number of allylic oxidation sites excluding steroid dienone is 1. The third-order valence-corrected chi connectivity index (χ3v) is 4.72. The molecule has 0 spiro atoms. The molecule has 1 aliphatic rings. The van der Waals surface area contributed by atoms with Gasteiger partial charge in [0.1, 0.15) is 0 Å². The van der Waals surface area contributed by atoms with Crippen LogP contribution in [0.1, 0.15) is 24.0 Å². The van der Waals surface area contributed by atoms with E-state index in [9.17, 15) is 0 Å². The van der Waals surface area contributed by atoms with Gasteiger partial charge in [0.15, 0.2) is 0 Å². The maximum absolute atomic E-state index is 8.81. The predicted molar refractivity (Wildman–Crippen MR) is 93.1 cm³/mol. The molecule has 21 heavy (non-hydrogen) atoms. The van der Waals surface area contributed by atoms with Crippen molar-refractivity contribution in [2.75, 3.05) is 24.1 Å². The molecule has 2 rings (SSSR count). The van der Waals surface area contributed by atoms with Gasteiger partial charge in [-0.2, -0.15) is 5.26 Å². The number of nitriles is 1. The first-order valence-electron chi connectivity index (χ1n) is 7.29. The van der Waals surface area contributed by atoms with Crippen molar-refractivity contribution in [1.29, 1.82) is 5.26 Å². The highest BCUT2D eigenvalue weighted by Gasteiger charge is 2.19. The molecule has 1 fully saturated rings. The molecule has 3 nitrogen and oxygen atoms in total. The van der Waals surface area contributed by atoms with Crippen molar-refractivity contribution in [3.8, 4) is 6.07 Å². The zero-order valence-electron chi connectivity index (χ0n) is 12.2. The first-order chi connectivity index (χ1) is 10.2. The molecule has 1 aromatic carbocycles. The molecule has 0 unspecified atom stereocenters. The minimum Gasteiger partial charge on any atom is -0.497 e. The molecular weight excluding hydrogens is 375 g/mol. The van der Waals surface area contributed by atoms with Crippen LogP contribution in [0.15, 0.2) is 36.6 Å². The highest BCUT2D eigenvalue weighted by molar-refractivity contribution is 14.1. The Hall–Kier alpha value is -1.06. The molecule has 0 amide bonds. The van der Waals surface area contributed by atoms with Gasteiger partial charge in [-0.05, 0) is 49.5 Å². The van der Waals surface area contributed by atoms with E-state index >= 15 is 0 Å². The van der Waals surface area contributed by atoms with Crippen LogP contribution in [0.25, 0.3) is 0 Å². The van der Waals surface area contributed by atoms with Crippen LogP contribution in [0.3, 0.4) is 0 Å². The first-order valence-corrected chi connectivity index (χ1v) is 8.81. The normalized spacial score (nSPS) is 16.4. The van der Waals surface area contributed by atoms with Gasteiger partial charge in [-0.1, -0.05) is 41.3 Å². The molecule has 1 aliphatic heterocycles. The topological polar surface area (TPSA) is 36.3 Å². The Kier molecular flexibility index (Phi) is 6.52. The summed E-state index contributed by atoms with van der Waals surface area (Å²) in [7, 11) is 0. The van der Waals surface area contributed by atoms with E-state index in [2.05, 4.69) is 52.3 Å². The van der Waals surface area contributed by atoms with E-state index < -0.39 is 0 Å². The van der Waals surface area contributed by atoms with Gasteiger partial charge in [0.25, 0.3) is 0 Å². The summed E-state index contributed by atoms with van der Waals surface area (Å²) in [6.45, 7) is 7.90. The number of piperidine rings is 1. The quantitative estimate of drug-likeness (QED) is 0.418. The number of benzene rings is 1. The molecule has 0 aromatic heterocycles. The average Bonchev–Trinajstić information content (AvgIpc) is 2.54. The van der Waals surface area contributed by atoms with E-state index in [4.69, 9.17) is 10.00 Å². The second-order valence-electron chi connectivity index (χ2n) is 5.51. The standard InChI is InChI=1S/C17H21IN2O/c1-14(10-18)21-13-17-6-8-20(9-7-17)12-16-4-2-15(11-19)3-5-16/h2-5,17H,1,6-10,12-13H2. The lowest BCUT2D eigenvalue weighted by Crippen LogP contribution is -2.34. The van der Waals surface area contributed by atoms with Crippen molar-refractivity contribution in [1.82, 2.24) is 4.90 Å². The van der Waals surface area contributed by atoms with E-state index in [1.165, 1.54) is 18.4 Å². The number of ether oxygens (including phenoxy) is 1. The molecule has 1 aromatic rings. The summed E-state index contributed by atoms with van der Waals surface area (Å²) in [6, 6.07) is 10.1. The van der Waals surface area contributed by atoms with Crippen molar-refractivity contribution in [3.05, 3.63) is 47.7 Å². The maximum atomic E-state index is 8.81. The summed E-state index contributed by atoms with van der Waals surface area (Å²) >= 11 is 2.28. The Morgan fingerprint density at radius 1 is 1.33 bits per heavy atom. The Bertz CT molecular complexity index is 499. The van der Waals surface area contributed by atoms with E-state index in [1.54, 1.807) is 0 Å². The lowest BCUT2D eigenvalue weighted by Gasteiger charge is -2.32. The minimum absolute atomic E-state index is 0.655. The molecule has 0 atom stereocenters. The second kappa shape index (κ2) is 8.40. The summed E-state index contributed by atoms with van der Waals surface area (Å²) in [4.78, 5) is 2.48. The number of hydrogen-bond donors (Lipinski definition) is 0. The van der Waals surface area contributed by atoms with E-state index in [-0.39, 0.29) is 0 Å². The van der Waals surface area contributed by atoms with Crippen molar-refractivity contribution < 1.29 is 4.74 Å². The van der Waals surface area contributed by atoms with Gasteiger partial charge in [0, 0.05) is 6.54 Å². The summed E-state index contributed by atoms with van der Waals surface area (Å²) in [5.74, 6) is 1.54. The Morgan fingerprint density at radius 2 is 2.00 bits per heavy atom. The highest BCUT2D eigenvalue weighted by Crippen LogP contribution is 2.20. The van der Waals surface area contributed by atoms with Crippen molar-refractivity contribution >= 4 is 22.6 Å². The molecule has 1 heterocycles. The van der Waals surface area contributed by atoms with Crippen molar-refractivity contribution in [3.63, 3.8) is 0 Å². The molecule has 0 bridgehead atoms. The number of rotatable bonds is 6. The molecule has 0 N–H and O–H groups in total. The van der Waals surface area contributed by atoms with Crippen LogP contribution in [0.2, 0.25) is 0 Å². The average molecular weight is 396 g/mol. The number of nitrogens with zero attached hydrogens (tertiary/aromatic N) is 2. The lowest BCUT2D eigenvalue weighted by molar-refractivity contribution is 0.106. The molecule has 0 radical (unpaired) electrons. The Balaban J connectivity index is 1.73. The van der Waals surface area contributed by atoms with Gasteiger partial charge in [0.05, 0.1) is 28.4 Å². The van der Waals surface area contributed by atoms with Crippen LogP contribution in [-0.4, -0.2) is 29.0 Å². The molecule has 4 heteroatoms. The van der Waals surface area contributed by atoms with Crippen LogP contribution >= 0.6 is 22.6 Å². The summed E-state index contributed by atoms with van der Waals surface area (Å²) in [5, 5.41) is 8.81. The fraction of sp³-hybridized carbons (Fsp3) is 0.471. The highest BCUT2D eigenvalue weighted by atomic mass is 127. The molecule has 1 saturated heterocycles. The van der Waals surface area contributed by atoms with Gasteiger partial charge in [-0.15, -0.1) is 0 Å². The first kappa shape index (κ1) is 16.3. The second-order valence-corrected chi connectivity index (χ2v) is 6.27. The van der Waals surface area contributed by atoms with Gasteiger partial charge >= 0.3 is 0 Å². The molecule has 0 aliphatic carbocycles. The molecule has 0 saturated carbocycles. The zero-order valence-corrected chi connectivity index (χ0v) is 14.4. The van der Waals surface area contributed by atoms with Gasteiger partial charge in [0.2, 0.25) is 0 Å². The largest absolute Gasteiger partial charge is 0.497 e. The number of likely N-dealkylation sites (tertiary alicyclic amines) is 1. The maximum Gasteiger partial charge on any atom is 0.0991 e. The van der Waals surface area contributed by atoms with Crippen LogP contribution in [-0.2, 0) is 11.3 Å². The van der Waals surface area contributed by atoms with E-state index in [0.717, 1.165) is 42.0 Å². The summed E-state index contributed by atoms with van der Waals surface area (Å²) < 4.78 is 6.53. The fourth-order valence-electron chi connectivity index (χ4n) is 2.53. The number of alkyl halides is 1. The number of hydrogen-bond acceptors (Lipinski definition) is 3. The zero-order chi connectivity index (χ0) is 15.1. The van der Waals surface area contributed by atoms with Gasteiger partial charge in [-0.3, -0.25) is 4.90 Å². The fourth-order valence-corrected chi connectivity index (χ4v) is 2.75. The van der Waals surface area contributed by atoms with E-state index in [0.29, 0.717) is 5.92 Å². The van der Waals surface area contributed by atoms with Crippen LogP contribution in [0.4, 0.5) is 0 Å². The smallest absolute Gasteiger partial charge is 0.0991 e. The lowest BCUT2D eigenvalue weighted by atomic mass is 9.97. The summed E-state index contributed by atoms with van der Waals surface area (Å²) in [6.07, 6.45) is 2.37. The van der Waals surface area contributed by atoms with E-state index in [1.807, 2.05) is 12.1 Å². The Morgan fingerprint density at radius 3 is 2.57 bits per heavy atom. The predicted octanol–water partition coefficient (Wildman–Crippen LogP) is 3.74. The van der Waals surface area contributed by atoms with Gasteiger partial charge < -0.3 is 4.74 Å². The van der Waals surface area contributed by atoms with Crippen LogP contribution in [0.5, 0.6) is 0 Å². The van der Waals surface area contributed by atoms with Crippen LogP contribution in [0, 0.1) is 17.2 Å². The number of halogens is 1. The van der Waals surface area contributed by atoms with Gasteiger partial charge in [-0.25, -0.2) is 0 Å². The summed E-state index contributed by atoms with van der Waals surface area (Å²) in [5.41, 5.74) is 2.01. The third-order valence-electron chi connectivity index (χ3n) is 3.87. The molecule has 112 valence electrons. The monoisotopic (exact) mass is 396 g/mol.